The van der Waals surface area contributed by atoms with Gasteiger partial charge in [-0.15, -0.1) is 0 Å². The van der Waals surface area contributed by atoms with E-state index in [4.69, 9.17) is 9.84 Å². The summed E-state index contributed by atoms with van der Waals surface area (Å²) in [7, 11) is 5.79. The molecular formula is C18H30NO4+. The van der Waals surface area contributed by atoms with Crippen LogP contribution < -0.4 is 0 Å². The number of likely N-dealkylation sites (N-methyl/N-ethyl adjacent to an activating group) is 1. The first-order valence-corrected chi connectivity index (χ1v) is 7.94. The third-order valence-corrected chi connectivity index (χ3v) is 2.80. The van der Waals surface area contributed by atoms with Crippen LogP contribution in [0.25, 0.3) is 0 Å². The van der Waals surface area contributed by atoms with E-state index in [9.17, 15) is 9.59 Å². The Morgan fingerprint density at radius 3 is 2.22 bits per heavy atom. The maximum atomic E-state index is 11.8. The van der Waals surface area contributed by atoms with Crippen molar-refractivity contribution in [1.82, 2.24) is 0 Å². The summed E-state index contributed by atoms with van der Waals surface area (Å²) in [5.41, 5.74) is 0. The molecule has 0 saturated heterocycles. The Bertz CT molecular complexity index is 444. The van der Waals surface area contributed by atoms with Crippen LogP contribution in [0.1, 0.15) is 32.6 Å². The average molecular weight is 324 g/mol. The van der Waals surface area contributed by atoms with Crippen molar-refractivity contribution >= 4 is 11.9 Å². The zero-order chi connectivity index (χ0) is 17.7. The molecule has 0 aliphatic carbocycles. The summed E-state index contributed by atoms with van der Waals surface area (Å²) in [5.74, 6) is -1.37. The number of carboxylic acid groups (broad SMARTS) is 1. The van der Waals surface area contributed by atoms with E-state index in [0.717, 1.165) is 12.8 Å². The van der Waals surface area contributed by atoms with Crippen LogP contribution in [0, 0.1) is 0 Å². The molecule has 5 heteroatoms. The number of carboxylic acids is 1. The fraction of sp³-hybridized carbons (Fsp3) is 0.556. The predicted octanol–water partition coefficient (Wildman–Crippen LogP) is 2.94. The van der Waals surface area contributed by atoms with E-state index in [2.05, 4.69) is 13.0 Å². The Hall–Kier alpha value is -1.88. The Kier molecular flexibility index (Phi) is 10.7. The molecule has 0 aromatic rings. The second-order valence-corrected chi connectivity index (χ2v) is 6.42. The second-order valence-electron chi connectivity index (χ2n) is 6.42. The van der Waals surface area contributed by atoms with Crippen LogP contribution >= 0.6 is 0 Å². The zero-order valence-corrected chi connectivity index (χ0v) is 14.7. The van der Waals surface area contributed by atoms with E-state index in [1.165, 1.54) is 0 Å². The molecule has 130 valence electrons. The molecule has 5 nitrogen and oxygen atoms in total. The standard InChI is InChI=1S/C18H29NO4/c1-5-6-7-8-9-10-11-12-13-18(22)23-16(14-17(20)21)15-19(2,3)4/h7-12,16H,5-6,13-15H2,1-4H3/p+1/b8-7+,10-9+,12-11+. The lowest BCUT2D eigenvalue weighted by Gasteiger charge is -2.28. The zero-order valence-electron chi connectivity index (χ0n) is 14.7. The maximum Gasteiger partial charge on any atom is 0.310 e. The van der Waals surface area contributed by atoms with Crippen molar-refractivity contribution in [2.24, 2.45) is 0 Å². The minimum absolute atomic E-state index is 0.135. The summed E-state index contributed by atoms with van der Waals surface area (Å²) in [6.07, 6.45) is 12.8. The summed E-state index contributed by atoms with van der Waals surface area (Å²) in [6, 6.07) is 0. The Morgan fingerprint density at radius 2 is 1.70 bits per heavy atom. The van der Waals surface area contributed by atoms with Crippen molar-refractivity contribution in [2.75, 3.05) is 27.7 Å². The van der Waals surface area contributed by atoms with Crippen molar-refractivity contribution in [3.63, 3.8) is 0 Å². The van der Waals surface area contributed by atoms with Crippen molar-refractivity contribution in [3.05, 3.63) is 36.5 Å². The van der Waals surface area contributed by atoms with Gasteiger partial charge in [-0.05, 0) is 6.42 Å². The van der Waals surface area contributed by atoms with E-state index in [0.29, 0.717) is 11.0 Å². The number of nitrogens with zero attached hydrogens (tertiary/aromatic N) is 1. The highest BCUT2D eigenvalue weighted by Gasteiger charge is 2.24. The molecule has 1 atom stereocenters. The molecule has 23 heavy (non-hydrogen) atoms. The van der Waals surface area contributed by atoms with Gasteiger partial charge < -0.3 is 14.3 Å². The van der Waals surface area contributed by atoms with E-state index in [1.807, 2.05) is 39.4 Å². The maximum absolute atomic E-state index is 11.8. The molecular weight excluding hydrogens is 294 g/mol. The lowest BCUT2D eigenvalue weighted by Crippen LogP contribution is -2.43. The van der Waals surface area contributed by atoms with E-state index >= 15 is 0 Å². The smallest absolute Gasteiger partial charge is 0.310 e. The molecule has 0 spiro atoms. The number of aliphatic carboxylic acids is 1. The summed E-state index contributed by atoms with van der Waals surface area (Å²) in [5, 5.41) is 8.90. The van der Waals surface area contributed by atoms with Gasteiger partial charge in [-0.25, -0.2) is 0 Å². The number of carbonyl (C=O) groups is 2. The molecule has 0 aromatic heterocycles. The van der Waals surface area contributed by atoms with Crippen LogP contribution in [0.5, 0.6) is 0 Å². The molecule has 1 N–H and O–H groups in total. The Morgan fingerprint density at radius 1 is 1.09 bits per heavy atom. The highest BCUT2D eigenvalue weighted by molar-refractivity contribution is 5.72. The van der Waals surface area contributed by atoms with Crippen LogP contribution in [-0.2, 0) is 14.3 Å². The molecule has 0 radical (unpaired) electrons. The fourth-order valence-corrected chi connectivity index (χ4v) is 1.90. The first-order chi connectivity index (χ1) is 10.7. The number of carbonyl (C=O) groups excluding carboxylic acids is 1. The lowest BCUT2D eigenvalue weighted by molar-refractivity contribution is -0.873. The minimum atomic E-state index is -0.964. The van der Waals surface area contributed by atoms with Crippen molar-refractivity contribution < 1.29 is 23.9 Å². The molecule has 0 fully saturated rings. The third-order valence-electron chi connectivity index (χ3n) is 2.80. The van der Waals surface area contributed by atoms with E-state index < -0.39 is 18.0 Å². The molecule has 0 amide bonds. The SMILES string of the molecule is CCC/C=C/C=C/C=C/CC(=O)OC(CC(=O)O)C[N+](C)(C)C. The molecule has 0 aliphatic heterocycles. The number of ether oxygens (including phenoxy) is 1. The van der Waals surface area contributed by atoms with Gasteiger partial charge in [0.1, 0.15) is 6.54 Å². The van der Waals surface area contributed by atoms with E-state index in [-0.39, 0.29) is 12.8 Å². The van der Waals surface area contributed by atoms with Crippen LogP contribution in [0.2, 0.25) is 0 Å². The molecule has 0 aromatic carbocycles. The molecule has 0 heterocycles. The molecule has 0 rings (SSSR count). The quantitative estimate of drug-likeness (QED) is 0.360. The van der Waals surface area contributed by atoms with Gasteiger partial charge in [0.15, 0.2) is 6.10 Å². The lowest BCUT2D eigenvalue weighted by atomic mass is 10.2. The highest BCUT2D eigenvalue weighted by Crippen LogP contribution is 2.06. The van der Waals surface area contributed by atoms with Gasteiger partial charge in [0.05, 0.1) is 34.0 Å². The van der Waals surface area contributed by atoms with Gasteiger partial charge in [0.25, 0.3) is 0 Å². The van der Waals surface area contributed by atoms with Gasteiger partial charge in [0, 0.05) is 0 Å². The summed E-state index contributed by atoms with van der Waals surface area (Å²) in [6.45, 7) is 2.58. The van der Waals surface area contributed by atoms with Crippen molar-refractivity contribution in [1.29, 1.82) is 0 Å². The van der Waals surface area contributed by atoms with Crippen molar-refractivity contribution in [3.8, 4) is 0 Å². The van der Waals surface area contributed by atoms with Gasteiger partial charge in [-0.2, -0.15) is 0 Å². The molecule has 0 bridgehead atoms. The van der Waals surface area contributed by atoms with Crippen LogP contribution in [-0.4, -0.2) is 55.3 Å². The molecule has 0 aliphatic rings. The highest BCUT2D eigenvalue weighted by atomic mass is 16.5. The van der Waals surface area contributed by atoms with Gasteiger partial charge in [-0.3, -0.25) is 9.59 Å². The Labute approximate surface area is 139 Å². The number of hydrogen-bond acceptors (Lipinski definition) is 3. The number of quaternary nitrogens is 1. The normalized spacial score (nSPS) is 13.9. The van der Waals surface area contributed by atoms with Crippen LogP contribution in [0.4, 0.5) is 0 Å². The number of allylic oxidation sites excluding steroid dienone is 5. The number of esters is 1. The third kappa shape index (κ3) is 14.8. The summed E-state index contributed by atoms with van der Waals surface area (Å²) >= 11 is 0. The summed E-state index contributed by atoms with van der Waals surface area (Å²) in [4.78, 5) is 22.6. The number of unbranched alkanes of at least 4 members (excludes halogenated alkanes) is 1. The fourth-order valence-electron chi connectivity index (χ4n) is 1.90. The average Bonchev–Trinajstić information content (AvgIpc) is 2.39. The molecule has 0 saturated carbocycles. The first kappa shape index (κ1) is 21.1. The van der Waals surface area contributed by atoms with Crippen molar-refractivity contribution in [2.45, 2.75) is 38.7 Å². The van der Waals surface area contributed by atoms with Gasteiger partial charge in [0.2, 0.25) is 0 Å². The van der Waals surface area contributed by atoms with Gasteiger partial charge >= 0.3 is 11.9 Å². The molecule has 1 unspecified atom stereocenters. The number of rotatable bonds is 11. The number of hydrogen-bond donors (Lipinski definition) is 1. The van der Waals surface area contributed by atoms with Crippen LogP contribution in [0.15, 0.2) is 36.5 Å². The topological polar surface area (TPSA) is 63.6 Å². The monoisotopic (exact) mass is 324 g/mol. The minimum Gasteiger partial charge on any atom is -0.481 e. The Balaban J connectivity index is 4.28. The summed E-state index contributed by atoms with van der Waals surface area (Å²) < 4.78 is 5.81. The van der Waals surface area contributed by atoms with Crippen LogP contribution in [0.3, 0.4) is 0 Å². The first-order valence-electron chi connectivity index (χ1n) is 7.94. The predicted molar refractivity (Wildman–Crippen MR) is 92.0 cm³/mol. The largest absolute Gasteiger partial charge is 0.481 e. The van der Waals surface area contributed by atoms with Gasteiger partial charge in [-0.1, -0.05) is 49.8 Å². The second kappa shape index (κ2) is 11.7. The van der Waals surface area contributed by atoms with E-state index in [1.54, 1.807) is 12.2 Å².